The predicted octanol–water partition coefficient (Wildman–Crippen LogP) is 6.35. The number of rotatable bonds is 12. The van der Waals surface area contributed by atoms with E-state index in [2.05, 4.69) is 37.8 Å². The summed E-state index contributed by atoms with van der Waals surface area (Å²) in [4.78, 5) is 35.8. The summed E-state index contributed by atoms with van der Waals surface area (Å²) in [6, 6.07) is 9.70. The number of allylic oxidation sites excluding steroid dienone is 1. The fraction of sp³-hybridized carbons (Fsp3) is 0.486. The van der Waals surface area contributed by atoms with Gasteiger partial charge >= 0.3 is 0 Å². The molecule has 7 heteroatoms. The molecule has 2 aliphatic carbocycles. The fourth-order valence-corrected chi connectivity index (χ4v) is 7.65. The van der Waals surface area contributed by atoms with E-state index in [0.29, 0.717) is 35.7 Å². The molecule has 3 aliphatic rings. The molecule has 2 N–H and O–H groups in total. The number of fused-ring (bicyclic) bond motifs is 2. The van der Waals surface area contributed by atoms with Gasteiger partial charge in [0.1, 0.15) is 17.8 Å². The summed E-state index contributed by atoms with van der Waals surface area (Å²) in [6.45, 7) is 11.5. The topological polar surface area (TPSA) is 97.9 Å². The third kappa shape index (κ3) is 5.47. The Hall–Kier alpha value is -3.58. The minimum absolute atomic E-state index is 0.0316. The molecule has 1 saturated carbocycles. The van der Waals surface area contributed by atoms with E-state index >= 15 is 0 Å². The van der Waals surface area contributed by atoms with Gasteiger partial charge in [-0.1, -0.05) is 57.0 Å². The summed E-state index contributed by atoms with van der Waals surface area (Å²) in [7, 11) is 0. The van der Waals surface area contributed by atoms with Gasteiger partial charge in [0.05, 0.1) is 6.10 Å². The number of hydrogen-bond donors (Lipinski definition) is 1. The number of aliphatic imine (C=N–C) groups is 1. The molecule has 0 bridgehead atoms. The first-order valence-corrected chi connectivity index (χ1v) is 15.4. The molecule has 2 heterocycles. The second-order valence-electron chi connectivity index (χ2n) is 12.4. The van der Waals surface area contributed by atoms with Gasteiger partial charge in [0.25, 0.3) is 0 Å². The van der Waals surface area contributed by atoms with Crippen LogP contribution in [-0.4, -0.2) is 49.1 Å². The smallest absolute Gasteiger partial charge is 0.169 e. The maximum Gasteiger partial charge on any atom is 0.169 e. The molecule has 1 aliphatic heterocycles. The van der Waals surface area contributed by atoms with Gasteiger partial charge in [0.2, 0.25) is 0 Å². The second-order valence-corrected chi connectivity index (χ2v) is 12.4. The highest BCUT2D eigenvalue weighted by atomic mass is 16.5. The number of carbonyl (C=O) groups excluding carboxylic acids is 2. The summed E-state index contributed by atoms with van der Waals surface area (Å²) in [6.07, 6.45) is 12.0. The van der Waals surface area contributed by atoms with E-state index in [1.54, 1.807) is 0 Å². The van der Waals surface area contributed by atoms with Crippen LogP contribution in [0.2, 0.25) is 0 Å². The molecular weight excluding hydrogens is 524 g/mol. The number of benzene rings is 1. The molecule has 7 nitrogen and oxygen atoms in total. The SMILES string of the molecule is CCCOC1C=C2C(C)(CCC)CC2(CN=C(C)C(=CN)c2ccc(N3CCc4cccc(C=O)c4C3)nc2C=O)C1. The van der Waals surface area contributed by atoms with Gasteiger partial charge in [-0.05, 0) is 67.7 Å². The van der Waals surface area contributed by atoms with Crippen molar-refractivity contribution < 1.29 is 14.3 Å². The molecule has 5 rings (SSSR count). The van der Waals surface area contributed by atoms with Crippen LogP contribution < -0.4 is 10.6 Å². The van der Waals surface area contributed by atoms with Gasteiger partial charge in [-0.2, -0.15) is 0 Å². The van der Waals surface area contributed by atoms with Gasteiger partial charge in [0, 0.05) is 60.3 Å². The molecule has 2 aromatic rings. The zero-order valence-electron chi connectivity index (χ0n) is 25.5. The molecule has 1 fully saturated rings. The normalized spacial score (nSPS) is 25.4. The van der Waals surface area contributed by atoms with E-state index in [1.807, 2.05) is 31.2 Å². The lowest BCUT2D eigenvalue weighted by Gasteiger charge is -2.55. The number of anilines is 1. The summed E-state index contributed by atoms with van der Waals surface area (Å²) in [5.74, 6) is 0.709. The van der Waals surface area contributed by atoms with Crippen LogP contribution in [0.5, 0.6) is 0 Å². The van der Waals surface area contributed by atoms with Crippen molar-refractivity contribution in [3.63, 3.8) is 0 Å². The maximum absolute atomic E-state index is 12.3. The fourth-order valence-electron chi connectivity index (χ4n) is 7.65. The third-order valence-corrected chi connectivity index (χ3v) is 9.48. The molecule has 222 valence electrons. The Bertz CT molecular complexity index is 1440. The number of aldehydes is 2. The molecule has 0 amide bonds. The first-order valence-electron chi connectivity index (χ1n) is 15.4. The van der Waals surface area contributed by atoms with Crippen molar-refractivity contribution in [3.05, 3.63) is 76.1 Å². The molecule has 0 spiro atoms. The Balaban J connectivity index is 1.36. The molecule has 3 unspecified atom stereocenters. The first kappa shape index (κ1) is 29.9. The van der Waals surface area contributed by atoms with Gasteiger partial charge < -0.3 is 15.4 Å². The summed E-state index contributed by atoms with van der Waals surface area (Å²) >= 11 is 0. The Morgan fingerprint density at radius 3 is 2.74 bits per heavy atom. The molecule has 1 aromatic carbocycles. The van der Waals surface area contributed by atoms with E-state index in [-0.39, 0.29) is 16.9 Å². The highest BCUT2D eigenvalue weighted by Gasteiger charge is 2.59. The summed E-state index contributed by atoms with van der Waals surface area (Å²) < 4.78 is 6.17. The van der Waals surface area contributed by atoms with Gasteiger partial charge in [-0.25, -0.2) is 4.98 Å². The molecule has 0 saturated heterocycles. The van der Waals surface area contributed by atoms with Crippen LogP contribution >= 0.6 is 0 Å². The Kier molecular flexibility index (Phi) is 8.78. The Morgan fingerprint density at radius 2 is 2.02 bits per heavy atom. The highest BCUT2D eigenvalue weighted by Crippen LogP contribution is 2.66. The molecule has 1 aromatic heterocycles. The average molecular weight is 569 g/mol. The number of hydrogen-bond acceptors (Lipinski definition) is 7. The molecule has 3 atom stereocenters. The average Bonchev–Trinajstić information content (AvgIpc) is 3.32. The van der Waals surface area contributed by atoms with Crippen LogP contribution in [-0.2, 0) is 17.7 Å². The van der Waals surface area contributed by atoms with E-state index < -0.39 is 0 Å². The van der Waals surface area contributed by atoms with E-state index in [9.17, 15) is 9.59 Å². The Labute approximate surface area is 250 Å². The maximum atomic E-state index is 12.3. The summed E-state index contributed by atoms with van der Waals surface area (Å²) in [5.41, 5.74) is 13.4. The van der Waals surface area contributed by atoms with Crippen molar-refractivity contribution in [2.45, 2.75) is 78.9 Å². The van der Waals surface area contributed by atoms with Crippen molar-refractivity contribution in [2.75, 3.05) is 24.6 Å². The molecule has 42 heavy (non-hydrogen) atoms. The van der Waals surface area contributed by atoms with Gasteiger partial charge in [-0.15, -0.1) is 0 Å². The zero-order valence-corrected chi connectivity index (χ0v) is 25.5. The van der Waals surface area contributed by atoms with Crippen molar-refractivity contribution in [1.82, 2.24) is 4.98 Å². The van der Waals surface area contributed by atoms with Crippen LogP contribution in [0.4, 0.5) is 5.82 Å². The van der Waals surface area contributed by atoms with Crippen LogP contribution in [0.1, 0.15) is 97.3 Å². The second kappa shape index (κ2) is 12.3. The van der Waals surface area contributed by atoms with Crippen LogP contribution in [0.25, 0.3) is 5.57 Å². The standard InChI is InChI=1S/C35H44N4O3/c1-5-13-34(4)22-35(17-27(16-32(34)35)42-15-6-2)23-37-24(3)29(18-36)28-10-11-33(38-31(28)21-41)39-14-12-25-8-7-9-26(20-40)30(25)19-39/h7-11,16,18,20-21,27H,5-6,12-15,17,19,22-23,36H2,1-4H3. The van der Waals surface area contributed by atoms with Crippen molar-refractivity contribution in [3.8, 4) is 0 Å². The lowest BCUT2D eigenvalue weighted by atomic mass is 9.49. The van der Waals surface area contributed by atoms with E-state index in [4.69, 9.17) is 20.4 Å². The van der Waals surface area contributed by atoms with Crippen LogP contribution in [0.15, 0.2) is 53.2 Å². The number of ether oxygens (including phenoxy) is 1. The Morgan fingerprint density at radius 1 is 1.19 bits per heavy atom. The molecule has 0 radical (unpaired) electrons. The van der Waals surface area contributed by atoms with E-state index in [1.165, 1.54) is 23.8 Å². The van der Waals surface area contributed by atoms with Gasteiger partial charge in [0.15, 0.2) is 6.29 Å². The highest BCUT2D eigenvalue weighted by molar-refractivity contribution is 6.23. The van der Waals surface area contributed by atoms with E-state index in [0.717, 1.165) is 74.7 Å². The van der Waals surface area contributed by atoms with Gasteiger partial charge in [-0.3, -0.25) is 14.6 Å². The largest absolute Gasteiger partial charge is 0.404 e. The lowest BCUT2D eigenvalue weighted by Crippen LogP contribution is -2.48. The minimum atomic E-state index is 0.0316. The van der Waals surface area contributed by atoms with Crippen LogP contribution in [0.3, 0.4) is 0 Å². The van der Waals surface area contributed by atoms with Crippen molar-refractivity contribution >= 4 is 29.7 Å². The minimum Gasteiger partial charge on any atom is -0.404 e. The zero-order chi connectivity index (χ0) is 29.9. The third-order valence-electron chi connectivity index (χ3n) is 9.48. The van der Waals surface area contributed by atoms with Crippen molar-refractivity contribution in [2.24, 2.45) is 21.6 Å². The number of pyridine rings is 1. The number of nitrogens with two attached hydrogens (primary N) is 1. The number of aromatic nitrogens is 1. The number of carbonyl (C=O) groups is 2. The monoisotopic (exact) mass is 568 g/mol. The predicted molar refractivity (Wildman–Crippen MR) is 169 cm³/mol. The number of nitrogens with zero attached hydrogens (tertiary/aromatic N) is 3. The van der Waals surface area contributed by atoms with Crippen molar-refractivity contribution in [1.29, 1.82) is 0 Å². The molecular formula is C35H44N4O3. The lowest BCUT2D eigenvalue weighted by molar-refractivity contribution is 0.0301. The quantitative estimate of drug-likeness (QED) is 0.182. The first-order chi connectivity index (χ1) is 20.3. The van der Waals surface area contributed by atoms with Crippen LogP contribution in [0, 0.1) is 10.8 Å². The summed E-state index contributed by atoms with van der Waals surface area (Å²) in [5, 5.41) is 0.